The Kier molecular flexibility index (Phi) is 12.2. The maximum Gasteiger partial charge on any atom is 0.0701 e. The third-order valence-corrected chi connectivity index (χ3v) is 3.21. The van der Waals surface area contributed by atoms with Gasteiger partial charge in [0, 0.05) is 19.6 Å². The molecule has 1 aliphatic rings. The second-order valence-electron chi connectivity index (χ2n) is 4.86. The molecule has 6 heteroatoms. The van der Waals surface area contributed by atoms with Crippen molar-refractivity contribution in [3.8, 4) is 0 Å². The minimum Gasteiger partial charge on any atom is -0.395 e. The Morgan fingerprint density at radius 2 is 1.40 bits per heavy atom. The van der Waals surface area contributed by atoms with Gasteiger partial charge in [0.25, 0.3) is 0 Å². The molecule has 1 saturated heterocycles. The Labute approximate surface area is 122 Å². The van der Waals surface area contributed by atoms with Crippen molar-refractivity contribution in [1.82, 2.24) is 10.2 Å². The molecule has 0 saturated carbocycles. The molecule has 2 N–H and O–H groups in total. The fourth-order valence-electron chi connectivity index (χ4n) is 2.09. The molecule has 0 aromatic heterocycles. The molecule has 0 radical (unpaired) electrons. The first kappa shape index (κ1) is 17.8. The lowest BCUT2D eigenvalue weighted by Gasteiger charge is -2.14. The molecule has 120 valence electrons. The standard InChI is InChI=1S/C14H30N2O4/c17-8-3-15-4-9-18-11-13-20-14-12-19-10-7-16-5-1-2-6-16/h15,17H,1-14H2. The molecule has 20 heavy (non-hydrogen) atoms. The number of aliphatic hydroxyl groups excluding tert-OH is 1. The van der Waals surface area contributed by atoms with Crippen LogP contribution in [0, 0.1) is 0 Å². The van der Waals surface area contributed by atoms with Crippen molar-refractivity contribution in [3.63, 3.8) is 0 Å². The van der Waals surface area contributed by atoms with Crippen molar-refractivity contribution >= 4 is 0 Å². The zero-order valence-electron chi connectivity index (χ0n) is 12.5. The summed E-state index contributed by atoms with van der Waals surface area (Å²) in [6.07, 6.45) is 2.66. The predicted molar refractivity (Wildman–Crippen MR) is 78.1 cm³/mol. The zero-order chi connectivity index (χ0) is 14.3. The summed E-state index contributed by atoms with van der Waals surface area (Å²) < 4.78 is 16.3. The maximum absolute atomic E-state index is 8.55. The molecule has 1 heterocycles. The quantitative estimate of drug-likeness (QED) is 0.429. The highest BCUT2D eigenvalue weighted by Gasteiger charge is 2.09. The maximum atomic E-state index is 8.55. The Morgan fingerprint density at radius 3 is 2.05 bits per heavy atom. The minimum atomic E-state index is 0.168. The highest BCUT2D eigenvalue weighted by molar-refractivity contribution is 4.64. The van der Waals surface area contributed by atoms with E-state index in [0.29, 0.717) is 39.6 Å². The van der Waals surface area contributed by atoms with E-state index in [0.717, 1.165) is 19.7 Å². The number of hydrogen-bond donors (Lipinski definition) is 2. The van der Waals surface area contributed by atoms with Crippen LogP contribution >= 0.6 is 0 Å². The average molecular weight is 290 g/mol. The van der Waals surface area contributed by atoms with Gasteiger partial charge in [0.05, 0.1) is 46.2 Å². The molecule has 1 aliphatic heterocycles. The third-order valence-electron chi connectivity index (χ3n) is 3.21. The summed E-state index contributed by atoms with van der Waals surface area (Å²) in [5, 5.41) is 11.6. The van der Waals surface area contributed by atoms with Crippen LogP contribution in [0.3, 0.4) is 0 Å². The van der Waals surface area contributed by atoms with Crippen LogP contribution < -0.4 is 5.32 Å². The highest BCUT2D eigenvalue weighted by atomic mass is 16.5. The van der Waals surface area contributed by atoms with Gasteiger partial charge in [-0.1, -0.05) is 0 Å². The van der Waals surface area contributed by atoms with Gasteiger partial charge in [0.15, 0.2) is 0 Å². The molecule has 6 nitrogen and oxygen atoms in total. The van der Waals surface area contributed by atoms with Crippen molar-refractivity contribution in [2.45, 2.75) is 12.8 Å². The summed E-state index contributed by atoms with van der Waals surface area (Å²) in [5.74, 6) is 0. The zero-order valence-corrected chi connectivity index (χ0v) is 12.5. The Hall–Kier alpha value is -0.240. The smallest absolute Gasteiger partial charge is 0.0701 e. The van der Waals surface area contributed by atoms with E-state index in [1.165, 1.54) is 25.9 Å². The lowest BCUT2D eigenvalue weighted by Crippen LogP contribution is -2.24. The second kappa shape index (κ2) is 13.7. The number of nitrogens with zero attached hydrogens (tertiary/aromatic N) is 1. The van der Waals surface area contributed by atoms with E-state index in [2.05, 4.69) is 10.2 Å². The van der Waals surface area contributed by atoms with E-state index in [4.69, 9.17) is 19.3 Å². The van der Waals surface area contributed by atoms with Gasteiger partial charge in [-0.15, -0.1) is 0 Å². The van der Waals surface area contributed by atoms with Gasteiger partial charge >= 0.3 is 0 Å². The second-order valence-corrected chi connectivity index (χ2v) is 4.86. The highest BCUT2D eigenvalue weighted by Crippen LogP contribution is 2.05. The topological polar surface area (TPSA) is 63.2 Å². The monoisotopic (exact) mass is 290 g/mol. The number of ether oxygens (including phenoxy) is 3. The van der Waals surface area contributed by atoms with Gasteiger partial charge in [0.1, 0.15) is 0 Å². The van der Waals surface area contributed by atoms with E-state index in [-0.39, 0.29) is 6.61 Å². The Bertz CT molecular complexity index is 202. The molecule has 0 bridgehead atoms. The normalized spacial score (nSPS) is 16.1. The van der Waals surface area contributed by atoms with Crippen molar-refractivity contribution in [1.29, 1.82) is 0 Å². The number of nitrogens with one attached hydrogen (secondary N) is 1. The first-order valence-corrected chi connectivity index (χ1v) is 7.70. The van der Waals surface area contributed by atoms with Gasteiger partial charge in [0.2, 0.25) is 0 Å². The van der Waals surface area contributed by atoms with Crippen LogP contribution in [0.25, 0.3) is 0 Å². The van der Waals surface area contributed by atoms with Gasteiger partial charge in [-0.05, 0) is 25.9 Å². The molecule has 1 rings (SSSR count). The predicted octanol–water partition coefficient (Wildman–Crippen LogP) is -0.286. The van der Waals surface area contributed by atoms with Gasteiger partial charge in [-0.2, -0.15) is 0 Å². The summed E-state index contributed by atoms with van der Waals surface area (Å²) in [6.45, 7) is 9.00. The van der Waals surface area contributed by atoms with Crippen LogP contribution in [-0.4, -0.2) is 89.0 Å². The van der Waals surface area contributed by atoms with Gasteiger partial charge in [-0.25, -0.2) is 0 Å². The van der Waals surface area contributed by atoms with Crippen molar-refractivity contribution in [2.24, 2.45) is 0 Å². The van der Waals surface area contributed by atoms with Gasteiger partial charge < -0.3 is 29.5 Å². The molecule has 0 aromatic carbocycles. The fourth-order valence-corrected chi connectivity index (χ4v) is 2.09. The molecule has 1 fully saturated rings. The molecule has 0 aliphatic carbocycles. The lowest BCUT2D eigenvalue weighted by atomic mass is 10.4. The van der Waals surface area contributed by atoms with E-state index >= 15 is 0 Å². The summed E-state index contributed by atoms with van der Waals surface area (Å²) in [7, 11) is 0. The molecular formula is C14H30N2O4. The van der Waals surface area contributed by atoms with Crippen molar-refractivity contribution in [2.75, 3.05) is 79.0 Å². The first-order valence-electron chi connectivity index (χ1n) is 7.70. The SMILES string of the molecule is OCCNCCOCCOCCOCCN1CCCC1. The first-order chi connectivity index (χ1) is 9.93. The lowest BCUT2D eigenvalue weighted by molar-refractivity contribution is 0.0120. The third kappa shape index (κ3) is 10.5. The van der Waals surface area contributed by atoms with Crippen LogP contribution in [0.5, 0.6) is 0 Å². The number of hydrogen-bond acceptors (Lipinski definition) is 6. The van der Waals surface area contributed by atoms with Gasteiger partial charge in [-0.3, -0.25) is 0 Å². The van der Waals surface area contributed by atoms with Crippen molar-refractivity contribution < 1.29 is 19.3 Å². The van der Waals surface area contributed by atoms with Crippen molar-refractivity contribution in [3.05, 3.63) is 0 Å². The molecular weight excluding hydrogens is 260 g/mol. The average Bonchev–Trinajstić information content (AvgIpc) is 2.97. The summed E-state index contributed by atoms with van der Waals surface area (Å²) in [5.41, 5.74) is 0. The van der Waals surface area contributed by atoms with E-state index in [1.54, 1.807) is 0 Å². The minimum absolute atomic E-state index is 0.168. The molecule has 0 amide bonds. The van der Waals surface area contributed by atoms with Crippen LogP contribution in [0.15, 0.2) is 0 Å². The molecule has 0 spiro atoms. The summed E-state index contributed by atoms with van der Waals surface area (Å²) >= 11 is 0. The van der Waals surface area contributed by atoms with Crippen LogP contribution in [0.1, 0.15) is 12.8 Å². The number of aliphatic hydroxyl groups is 1. The summed E-state index contributed by atoms with van der Waals surface area (Å²) in [4.78, 5) is 2.44. The fraction of sp³-hybridized carbons (Fsp3) is 1.00. The largest absolute Gasteiger partial charge is 0.395 e. The molecule has 0 unspecified atom stereocenters. The van der Waals surface area contributed by atoms with Crippen LogP contribution in [-0.2, 0) is 14.2 Å². The summed E-state index contributed by atoms with van der Waals surface area (Å²) in [6, 6.07) is 0. The number of rotatable bonds is 14. The van der Waals surface area contributed by atoms with E-state index in [1.807, 2.05) is 0 Å². The van der Waals surface area contributed by atoms with Crippen LogP contribution in [0.2, 0.25) is 0 Å². The van der Waals surface area contributed by atoms with Crippen LogP contribution in [0.4, 0.5) is 0 Å². The Morgan fingerprint density at radius 1 is 0.800 bits per heavy atom. The van der Waals surface area contributed by atoms with E-state index in [9.17, 15) is 0 Å². The molecule has 0 atom stereocenters. The Balaban J connectivity index is 1.66. The number of likely N-dealkylation sites (tertiary alicyclic amines) is 1. The molecule has 0 aromatic rings. The van der Waals surface area contributed by atoms with E-state index < -0.39 is 0 Å².